The van der Waals surface area contributed by atoms with Gasteiger partial charge in [0.25, 0.3) is 5.91 Å². The van der Waals surface area contributed by atoms with Gasteiger partial charge in [0.2, 0.25) is 0 Å². The Morgan fingerprint density at radius 3 is 3.11 bits per heavy atom. The first kappa shape index (κ1) is 12.6. The van der Waals surface area contributed by atoms with Crippen LogP contribution in [0, 0.1) is 5.92 Å². The fraction of sp³-hybridized carbons (Fsp3) is 0.533. The van der Waals surface area contributed by atoms with E-state index < -0.39 is 0 Å². The van der Waals surface area contributed by atoms with Gasteiger partial charge in [0, 0.05) is 37.7 Å². The molecule has 1 unspecified atom stereocenters. The van der Waals surface area contributed by atoms with Crippen molar-refractivity contribution in [2.45, 2.75) is 19.4 Å². The van der Waals surface area contributed by atoms with Crippen molar-refractivity contribution in [1.29, 1.82) is 0 Å². The predicted molar refractivity (Wildman–Crippen MR) is 72.9 cm³/mol. The predicted octanol–water partition coefficient (Wildman–Crippen LogP) is 0.787. The molecule has 0 radical (unpaired) electrons. The molecule has 0 saturated carbocycles. The van der Waals surface area contributed by atoms with Crippen molar-refractivity contribution in [1.82, 2.24) is 10.2 Å². The minimum atomic E-state index is 0.101. The smallest absolute Gasteiger partial charge is 0.253 e. The molecule has 0 bridgehead atoms. The maximum absolute atomic E-state index is 12.4. The SMILES string of the molecule is O=C(c1ccc2c(c1)CNCC2)N1CCC(CO)C1. The Balaban J connectivity index is 1.77. The van der Waals surface area contributed by atoms with E-state index in [9.17, 15) is 4.79 Å². The molecular weight excluding hydrogens is 240 g/mol. The van der Waals surface area contributed by atoms with Crippen LogP contribution in [0.1, 0.15) is 27.9 Å². The van der Waals surface area contributed by atoms with Crippen molar-refractivity contribution < 1.29 is 9.90 Å². The molecule has 1 saturated heterocycles. The lowest BCUT2D eigenvalue weighted by atomic mass is 9.98. The van der Waals surface area contributed by atoms with Crippen molar-refractivity contribution in [3.8, 4) is 0 Å². The Kier molecular flexibility index (Phi) is 3.53. The summed E-state index contributed by atoms with van der Waals surface area (Å²) in [5.41, 5.74) is 3.38. The Labute approximate surface area is 113 Å². The van der Waals surface area contributed by atoms with Gasteiger partial charge in [0.1, 0.15) is 0 Å². The maximum atomic E-state index is 12.4. The van der Waals surface area contributed by atoms with Gasteiger partial charge in [-0.25, -0.2) is 0 Å². The first-order valence-electron chi connectivity index (χ1n) is 7.00. The van der Waals surface area contributed by atoms with Crippen molar-refractivity contribution in [2.75, 3.05) is 26.2 Å². The van der Waals surface area contributed by atoms with Gasteiger partial charge in [-0.05, 0) is 42.6 Å². The lowest BCUT2D eigenvalue weighted by molar-refractivity contribution is 0.0781. The molecular formula is C15H20N2O2. The van der Waals surface area contributed by atoms with Gasteiger partial charge in [0.05, 0.1) is 0 Å². The summed E-state index contributed by atoms with van der Waals surface area (Å²) >= 11 is 0. The van der Waals surface area contributed by atoms with E-state index in [0.717, 1.165) is 38.0 Å². The van der Waals surface area contributed by atoms with E-state index >= 15 is 0 Å². The molecule has 2 heterocycles. The van der Waals surface area contributed by atoms with Crippen LogP contribution in [0.4, 0.5) is 0 Å². The largest absolute Gasteiger partial charge is 0.396 e. The second-order valence-electron chi connectivity index (χ2n) is 5.50. The van der Waals surface area contributed by atoms with Gasteiger partial charge in [-0.3, -0.25) is 4.79 Å². The van der Waals surface area contributed by atoms with E-state index in [0.29, 0.717) is 6.54 Å². The zero-order chi connectivity index (χ0) is 13.2. The van der Waals surface area contributed by atoms with Gasteiger partial charge in [0.15, 0.2) is 0 Å². The number of carbonyl (C=O) groups is 1. The molecule has 3 rings (SSSR count). The summed E-state index contributed by atoms with van der Waals surface area (Å²) in [7, 11) is 0. The van der Waals surface area contributed by atoms with E-state index in [1.54, 1.807) is 0 Å². The van der Waals surface area contributed by atoms with Crippen LogP contribution in [-0.4, -0.2) is 42.2 Å². The molecule has 102 valence electrons. The van der Waals surface area contributed by atoms with Gasteiger partial charge in [-0.2, -0.15) is 0 Å². The quantitative estimate of drug-likeness (QED) is 0.826. The third-order valence-corrected chi connectivity index (χ3v) is 4.17. The number of aliphatic hydroxyl groups is 1. The molecule has 1 fully saturated rings. The van der Waals surface area contributed by atoms with Gasteiger partial charge in [-0.1, -0.05) is 6.07 Å². The van der Waals surface area contributed by atoms with E-state index in [-0.39, 0.29) is 18.4 Å². The zero-order valence-corrected chi connectivity index (χ0v) is 11.1. The van der Waals surface area contributed by atoms with Crippen LogP contribution in [0.15, 0.2) is 18.2 Å². The maximum Gasteiger partial charge on any atom is 0.253 e. The minimum Gasteiger partial charge on any atom is -0.396 e. The summed E-state index contributed by atoms with van der Waals surface area (Å²) in [4.78, 5) is 14.3. The molecule has 1 amide bonds. The van der Waals surface area contributed by atoms with Crippen LogP contribution in [0.2, 0.25) is 0 Å². The second-order valence-corrected chi connectivity index (χ2v) is 5.50. The molecule has 1 atom stereocenters. The first-order chi connectivity index (χ1) is 9.28. The summed E-state index contributed by atoms with van der Waals surface area (Å²) in [5, 5.41) is 12.5. The van der Waals surface area contributed by atoms with Crippen LogP contribution in [0.25, 0.3) is 0 Å². The number of hydrogen-bond acceptors (Lipinski definition) is 3. The number of benzene rings is 1. The number of amides is 1. The van der Waals surface area contributed by atoms with Crippen LogP contribution in [0.5, 0.6) is 0 Å². The highest BCUT2D eigenvalue weighted by molar-refractivity contribution is 5.94. The normalized spacial score (nSPS) is 22.4. The number of likely N-dealkylation sites (tertiary alicyclic amines) is 1. The van der Waals surface area contributed by atoms with Crippen molar-refractivity contribution in [2.24, 2.45) is 5.92 Å². The molecule has 1 aromatic rings. The molecule has 2 N–H and O–H groups in total. The summed E-state index contributed by atoms with van der Waals surface area (Å²) in [5.74, 6) is 0.354. The Hall–Kier alpha value is -1.39. The summed E-state index contributed by atoms with van der Waals surface area (Å²) < 4.78 is 0. The molecule has 2 aliphatic heterocycles. The molecule has 0 aliphatic carbocycles. The first-order valence-corrected chi connectivity index (χ1v) is 7.00. The van der Waals surface area contributed by atoms with Crippen molar-refractivity contribution in [3.05, 3.63) is 34.9 Å². The highest BCUT2D eigenvalue weighted by atomic mass is 16.3. The lowest BCUT2D eigenvalue weighted by Gasteiger charge is -2.20. The fourth-order valence-corrected chi connectivity index (χ4v) is 2.96. The molecule has 0 aromatic heterocycles. The van der Waals surface area contributed by atoms with Crippen LogP contribution in [-0.2, 0) is 13.0 Å². The number of rotatable bonds is 2. The van der Waals surface area contributed by atoms with Gasteiger partial charge >= 0.3 is 0 Å². The van der Waals surface area contributed by atoms with Crippen molar-refractivity contribution in [3.63, 3.8) is 0 Å². The highest BCUT2D eigenvalue weighted by Gasteiger charge is 2.26. The lowest BCUT2D eigenvalue weighted by Crippen LogP contribution is -2.30. The van der Waals surface area contributed by atoms with Gasteiger partial charge in [-0.15, -0.1) is 0 Å². The average molecular weight is 260 g/mol. The van der Waals surface area contributed by atoms with E-state index in [1.165, 1.54) is 11.1 Å². The van der Waals surface area contributed by atoms with Crippen LogP contribution >= 0.6 is 0 Å². The molecule has 19 heavy (non-hydrogen) atoms. The monoisotopic (exact) mass is 260 g/mol. The third kappa shape index (κ3) is 2.51. The molecule has 1 aromatic carbocycles. The topological polar surface area (TPSA) is 52.6 Å². The third-order valence-electron chi connectivity index (χ3n) is 4.17. The summed E-state index contributed by atoms with van der Waals surface area (Å²) in [6.07, 6.45) is 1.95. The number of aliphatic hydroxyl groups excluding tert-OH is 1. The van der Waals surface area contributed by atoms with Crippen molar-refractivity contribution >= 4 is 5.91 Å². The fourth-order valence-electron chi connectivity index (χ4n) is 2.96. The number of fused-ring (bicyclic) bond motifs is 1. The van der Waals surface area contributed by atoms with Crippen LogP contribution in [0.3, 0.4) is 0 Å². The Bertz CT molecular complexity index is 487. The number of hydrogen-bond donors (Lipinski definition) is 2. The van der Waals surface area contributed by atoms with Crippen LogP contribution < -0.4 is 5.32 Å². The Morgan fingerprint density at radius 1 is 1.42 bits per heavy atom. The van der Waals surface area contributed by atoms with E-state index in [1.807, 2.05) is 17.0 Å². The highest BCUT2D eigenvalue weighted by Crippen LogP contribution is 2.21. The Morgan fingerprint density at radius 2 is 2.32 bits per heavy atom. The average Bonchev–Trinajstić information content (AvgIpc) is 2.95. The summed E-state index contributed by atoms with van der Waals surface area (Å²) in [6.45, 7) is 3.50. The van der Waals surface area contributed by atoms with E-state index in [4.69, 9.17) is 5.11 Å². The number of nitrogens with zero attached hydrogens (tertiary/aromatic N) is 1. The molecule has 0 spiro atoms. The van der Waals surface area contributed by atoms with E-state index in [2.05, 4.69) is 11.4 Å². The summed E-state index contributed by atoms with van der Waals surface area (Å²) in [6, 6.07) is 6.05. The zero-order valence-electron chi connectivity index (χ0n) is 11.1. The molecule has 4 heteroatoms. The minimum absolute atomic E-state index is 0.101. The second kappa shape index (κ2) is 5.31. The molecule has 4 nitrogen and oxygen atoms in total. The standard InChI is InChI=1S/C15H20N2O2/c18-10-11-4-6-17(9-11)15(19)13-2-1-12-3-5-16-8-14(12)7-13/h1-2,7,11,16,18H,3-6,8-10H2. The number of carbonyl (C=O) groups excluding carboxylic acids is 1. The molecule has 2 aliphatic rings. The van der Waals surface area contributed by atoms with Gasteiger partial charge < -0.3 is 15.3 Å². The number of nitrogens with one attached hydrogen (secondary N) is 1.